The van der Waals surface area contributed by atoms with Crippen LogP contribution in [0.4, 0.5) is 0 Å². The minimum Gasteiger partial charge on any atom is -0.383 e. The van der Waals surface area contributed by atoms with Crippen LogP contribution in [0, 0.1) is 0 Å². The Hall–Kier alpha value is -1.46. The molecule has 0 N–H and O–H groups in total. The van der Waals surface area contributed by atoms with Crippen LogP contribution in [0.5, 0.6) is 0 Å². The molecule has 2 aliphatic rings. The van der Waals surface area contributed by atoms with Gasteiger partial charge in [-0.25, -0.2) is 0 Å². The molecule has 0 spiro atoms. The molecule has 1 aromatic rings. The summed E-state index contributed by atoms with van der Waals surface area (Å²) in [5, 5.41) is 0. The topological polar surface area (TPSA) is 45.7 Å². The van der Waals surface area contributed by atoms with Crippen molar-refractivity contribution in [2.24, 2.45) is 0 Å². The Bertz CT molecular complexity index is 480. The minimum atomic E-state index is 0.288. The normalized spacial score (nSPS) is 26.1. The smallest absolute Gasteiger partial charge is 0.223 e. The number of hydrogen-bond donors (Lipinski definition) is 0. The second kappa shape index (κ2) is 6.54. The fraction of sp³-hybridized carbons (Fsp3) is 0.625. The van der Waals surface area contributed by atoms with Crippen molar-refractivity contribution in [1.29, 1.82) is 0 Å². The first-order valence-corrected chi connectivity index (χ1v) is 7.71. The number of rotatable bonds is 5. The van der Waals surface area contributed by atoms with Crippen LogP contribution in [-0.2, 0) is 16.1 Å². The van der Waals surface area contributed by atoms with E-state index in [0.29, 0.717) is 25.1 Å². The predicted molar refractivity (Wildman–Crippen MR) is 79.7 cm³/mol. The molecule has 21 heavy (non-hydrogen) atoms. The van der Waals surface area contributed by atoms with Gasteiger partial charge in [0.25, 0.3) is 0 Å². The molecule has 0 unspecified atom stereocenters. The Balaban J connectivity index is 1.67. The second-order valence-electron chi connectivity index (χ2n) is 5.87. The van der Waals surface area contributed by atoms with Crippen LogP contribution in [0.25, 0.3) is 0 Å². The maximum Gasteiger partial charge on any atom is 0.223 e. The highest BCUT2D eigenvalue weighted by Gasteiger charge is 2.42. The van der Waals surface area contributed by atoms with E-state index in [1.54, 1.807) is 7.11 Å². The van der Waals surface area contributed by atoms with Gasteiger partial charge in [0, 0.05) is 57.6 Å². The standard InChI is InChI=1S/C16H23N3O2/c1-21-10-9-19-15-6-8-18(14(15)4-5-16(19)20)12-13-3-2-7-17-11-13/h2-3,7,11,14-15H,4-6,8-10,12H2,1H3/t14-,15-/m1/s1. The van der Waals surface area contributed by atoms with Gasteiger partial charge in [0.2, 0.25) is 5.91 Å². The quantitative estimate of drug-likeness (QED) is 0.819. The van der Waals surface area contributed by atoms with Crippen LogP contribution in [0.15, 0.2) is 24.5 Å². The van der Waals surface area contributed by atoms with E-state index in [2.05, 4.69) is 16.0 Å². The van der Waals surface area contributed by atoms with E-state index in [1.807, 2.05) is 23.4 Å². The summed E-state index contributed by atoms with van der Waals surface area (Å²) in [6.07, 6.45) is 6.45. The molecule has 2 aliphatic heterocycles. The van der Waals surface area contributed by atoms with Crippen LogP contribution in [0.1, 0.15) is 24.8 Å². The third-order valence-electron chi connectivity index (χ3n) is 4.64. The lowest BCUT2D eigenvalue weighted by atomic mass is 9.96. The molecule has 0 radical (unpaired) electrons. The first-order valence-electron chi connectivity index (χ1n) is 7.71. The summed E-state index contributed by atoms with van der Waals surface area (Å²) in [6.45, 7) is 3.33. The Morgan fingerprint density at radius 2 is 2.29 bits per heavy atom. The fourth-order valence-electron chi connectivity index (χ4n) is 3.64. The lowest BCUT2D eigenvalue weighted by Gasteiger charge is -2.39. The summed E-state index contributed by atoms with van der Waals surface area (Å²) in [6, 6.07) is 4.95. The number of aromatic nitrogens is 1. The van der Waals surface area contributed by atoms with Crippen molar-refractivity contribution in [1.82, 2.24) is 14.8 Å². The number of methoxy groups -OCH3 is 1. The van der Waals surface area contributed by atoms with Gasteiger partial charge < -0.3 is 9.64 Å². The van der Waals surface area contributed by atoms with Crippen molar-refractivity contribution < 1.29 is 9.53 Å². The van der Waals surface area contributed by atoms with Gasteiger partial charge in [0.1, 0.15) is 0 Å². The van der Waals surface area contributed by atoms with Gasteiger partial charge in [-0.15, -0.1) is 0 Å². The molecule has 0 aromatic carbocycles. The largest absolute Gasteiger partial charge is 0.383 e. The maximum atomic E-state index is 12.1. The summed E-state index contributed by atoms with van der Waals surface area (Å²) in [5.74, 6) is 0.288. The van der Waals surface area contributed by atoms with E-state index in [9.17, 15) is 4.79 Å². The molecule has 5 heteroatoms. The Morgan fingerprint density at radius 1 is 1.38 bits per heavy atom. The average molecular weight is 289 g/mol. The highest BCUT2D eigenvalue weighted by Crippen LogP contribution is 2.32. The first kappa shape index (κ1) is 14.5. The van der Waals surface area contributed by atoms with Gasteiger partial charge in [0.05, 0.1) is 6.61 Å². The van der Waals surface area contributed by atoms with Gasteiger partial charge in [0.15, 0.2) is 0 Å². The molecule has 1 amide bonds. The number of hydrogen-bond acceptors (Lipinski definition) is 4. The molecular weight excluding hydrogens is 266 g/mol. The van der Waals surface area contributed by atoms with Crippen LogP contribution in [0.3, 0.4) is 0 Å². The van der Waals surface area contributed by atoms with Crippen LogP contribution in [-0.4, -0.2) is 59.6 Å². The number of fused-ring (bicyclic) bond motifs is 1. The zero-order valence-electron chi connectivity index (χ0n) is 12.6. The summed E-state index contributed by atoms with van der Waals surface area (Å²) in [4.78, 5) is 20.9. The molecule has 5 nitrogen and oxygen atoms in total. The summed E-state index contributed by atoms with van der Waals surface area (Å²) in [7, 11) is 1.69. The van der Waals surface area contributed by atoms with Crippen molar-refractivity contribution in [2.75, 3.05) is 26.8 Å². The Kier molecular flexibility index (Phi) is 4.51. The molecule has 2 saturated heterocycles. The van der Waals surface area contributed by atoms with Crippen molar-refractivity contribution in [3.05, 3.63) is 30.1 Å². The third kappa shape index (κ3) is 3.09. The molecule has 2 fully saturated rings. The highest BCUT2D eigenvalue weighted by atomic mass is 16.5. The zero-order valence-corrected chi connectivity index (χ0v) is 12.6. The Morgan fingerprint density at radius 3 is 3.05 bits per heavy atom. The first-order chi connectivity index (χ1) is 10.3. The number of carbonyl (C=O) groups excluding carboxylic acids is 1. The number of piperidine rings is 1. The molecule has 0 saturated carbocycles. The van der Waals surface area contributed by atoms with Gasteiger partial charge in [-0.2, -0.15) is 0 Å². The number of likely N-dealkylation sites (tertiary alicyclic amines) is 2. The zero-order chi connectivity index (χ0) is 14.7. The molecular formula is C16H23N3O2. The number of pyridine rings is 1. The number of carbonyl (C=O) groups is 1. The van der Waals surface area contributed by atoms with E-state index in [4.69, 9.17) is 4.74 Å². The third-order valence-corrected chi connectivity index (χ3v) is 4.64. The Labute approximate surface area is 125 Å². The molecule has 114 valence electrons. The molecule has 2 atom stereocenters. The summed E-state index contributed by atoms with van der Waals surface area (Å²) < 4.78 is 5.15. The molecule has 1 aromatic heterocycles. The average Bonchev–Trinajstić information content (AvgIpc) is 2.90. The van der Waals surface area contributed by atoms with E-state index in [0.717, 1.165) is 32.5 Å². The molecule has 3 heterocycles. The van der Waals surface area contributed by atoms with E-state index in [-0.39, 0.29) is 5.91 Å². The number of amides is 1. The van der Waals surface area contributed by atoms with E-state index in [1.165, 1.54) is 5.56 Å². The minimum absolute atomic E-state index is 0.288. The van der Waals surface area contributed by atoms with E-state index >= 15 is 0 Å². The van der Waals surface area contributed by atoms with Gasteiger partial charge >= 0.3 is 0 Å². The lowest BCUT2D eigenvalue weighted by Crippen LogP contribution is -2.52. The van der Waals surface area contributed by atoms with Crippen LogP contribution in [0.2, 0.25) is 0 Å². The predicted octanol–water partition coefficient (Wildman–Crippen LogP) is 1.29. The van der Waals surface area contributed by atoms with Crippen molar-refractivity contribution >= 4 is 5.91 Å². The lowest BCUT2D eigenvalue weighted by molar-refractivity contribution is -0.138. The van der Waals surface area contributed by atoms with Crippen LogP contribution < -0.4 is 0 Å². The number of ether oxygens (including phenoxy) is 1. The van der Waals surface area contributed by atoms with Crippen molar-refractivity contribution in [3.8, 4) is 0 Å². The van der Waals surface area contributed by atoms with E-state index < -0.39 is 0 Å². The molecule has 3 rings (SSSR count). The SMILES string of the molecule is COCCN1C(=O)CC[C@@H]2[C@H]1CCN2Cc1cccnc1. The van der Waals surface area contributed by atoms with Gasteiger partial charge in [-0.05, 0) is 24.5 Å². The van der Waals surface area contributed by atoms with Crippen molar-refractivity contribution in [2.45, 2.75) is 37.9 Å². The summed E-state index contributed by atoms with van der Waals surface area (Å²) in [5.41, 5.74) is 1.25. The monoisotopic (exact) mass is 289 g/mol. The molecule has 0 aliphatic carbocycles. The fourth-order valence-corrected chi connectivity index (χ4v) is 3.64. The van der Waals surface area contributed by atoms with Crippen LogP contribution >= 0.6 is 0 Å². The second-order valence-corrected chi connectivity index (χ2v) is 5.87. The maximum absolute atomic E-state index is 12.1. The number of nitrogens with zero attached hydrogens (tertiary/aromatic N) is 3. The highest BCUT2D eigenvalue weighted by molar-refractivity contribution is 5.77. The van der Waals surface area contributed by atoms with Gasteiger partial charge in [-0.3, -0.25) is 14.7 Å². The van der Waals surface area contributed by atoms with Gasteiger partial charge in [-0.1, -0.05) is 6.07 Å². The van der Waals surface area contributed by atoms with Crippen molar-refractivity contribution in [3.63, 3.8) is 0 Å². The summed E-state index contributed by atoms with van der Waals surface area (Å²) >= 11 is 0. The molecule has 0 bridgehead atoms.